The van der Waals surface area contributed by atoms with Gasteiger partial charge in [-0.25, -0.2) is 4.98 Å². The molecule has 0 amide bonds. The fourth-order valence-corrected chi connectivity index (χ4v) is 2.83. The number of anilines is 1. The van der Waals surface area contributed by atoms with Crippen LogP contribution in [-0.4, -0.2) is 32.4 Å². The Labute approximate surface area is 127 Å². The van der Waals surface area contributed by atoms with Gasteiger partial charge in [0.1, 0.15) is 0 Å². The van der Waals surface area contributed by atoms with Crippen LogP contribution in [0.15, 0.2) is 0 Å². The van der Waals surface area contributed by atoms with Crippen LogP contribution in [0.2, 0.25) is 0 Å². The molecule has 1 heterocycles. The minimum atomic E-state index is -0.644. The monoisotopic (exact) mass is 292 g/mol. The van der Waals surface area contributed by atoms with Crippen molar-refractivity contribution in [3.05, 3.63) is 11.4 Å². The summed E-state index contributed by atoms with van der Waals surface area (Å²) in [6.07, 6.45) is 5.47. The molecule has 0 aliphatic heterocycles. The Hall–Kier alpha value is -1.23. The van der Waals surface area contributed by atoms with E-state index in [1.165, 1.54) is 0 Å². The van der Waals surface area contributed by atoms with E-state index >= 15 is 0 Å². The lowest BCUT2D eigenvalue weighted by Crippen LogP contribution is -2.42. The first-order valence-corrected chi connectivity index (χ1v) is 8.06. The van der Waals surface area contributed by atoms with Crippen molar-refractivity contribution in [1.29, 1.82) is 0 Å². The van der Waals surface area contributed by atoms with E-state index in [1.807, 2.05) is 0 Å². The minimum absolute atomic E-state index is 0.350. The molecular weight excluding hydrogens is 264 g/mol. The second-order valence-corrected chi connectivity index (χ2v) is 6.98. The fraction of sp³-hybridized carbons (Fsp3) is 0.812. The average Bonchev–Trinajstić information content (AvgIpc) is 2.48. The molecular formula is C16H28N4O. The molecule has 0 saturated heterocycles. The first-order valence-electron chi connectivity index (χ1n) is 8.06. The number of hydrogen-bond acceptors (Lipinski definition) is 5. The van der Waals surface area contributed by atoms with Crippen LogP contribution in [0.3, 0.4) is 0 Å². The van der Waals surface area contributed by atoms with E-state index in [2.05, 4.69) is 48.2 Å². The Morgan fingerprint density at radius 1 is 1.00 bits per heavy atom. The van der Waals surface area contributed by atoms with Gasteiger partial charge in [0.2, 0.25) is 5.95 Å². The molecule has 21 heavy (non-hydrogen) atoms. The van der Waals surface area contributed by atoms with Crippen molar-refractivity contribution in [3.8, 4) is 0 Å². The summed E-state index contributed by atoms with van der Waals surface area (Å²) >= 11 is 0. The molecule has 118 valence electrons. The zero-order valence-corrected chi connectivity index (χ0v) is 13.7. The minimum Gasteiger partial charge on any atom is -0.388 e. The molecule has 2 rings (SSSR count). The van der Waals surface area contributed by atoms with Gasteiger partial charge in [-0.3, -0.25) is 0 Å². The zero-order chi connectivity index (χ0) is 15.5. The lowest BCUT2D eigenvalue weighted by molar-refractivity contribution is -0.0146. The number of nitrogens with zero attached hydrogens (tertiary/aromatic N) is 3. The number of aryl methyl sites for hydroxylation is 2. The summed E-state index contributed by atoms with van der Waals surface area (Å²) in [6, 6.07) is 0. The van der Waals surface area contributed by atoms with Gasteiger partial charge < -0.3 is 10.4 Å². The zero-order valence-electron chi connectivity index (χ0n) is 13.7. The lowest BCUT2D eigenvalue weighted by Gasteiger charge is -2.40. The molecule has 1 aliphatic rings. The molecule has 1 fully saturated rings. The van der Waals surface area contributed by atoms with Gasteiger partial charge in [-0.2, -0.15) is 5.10 Å². The van der Waals surface area contributed by atoms with Crippen molar-refractivity contribution in [1.82, 2.24) is 15.2 Å². The first-order chi connectivity index (χ1) is 9.87. The van der Waals surface area contributed by atoms with E-state index in [0.29, 0.717) is 17.9 Å². The van der Waals surface area contributed by atoms with Gasteiger partial charge in [0, 0.05) is 6.54 Å². The summed E-state index contributed by atoms with van der Waals surface area (Å²) in [4.78, 5) is 4.51. The van der Waals surface area contributed by atoms with Gasteiger partial charge in [-0.15, -0.1) is 5.10 Å². The summed E-state index contributed by atoms with van der Waals surface area (Å²) in [5, 5.41) is 22.2. The van der Waals surface area contributed by atoms with Gasteiger partial charge in [0.15, 0.2) is 0 Å². The van der Waals surface area contributed by atoms with Crippen LogP contribution in [0, 0.1) is 5.41 Å². The molecule has 2 N–H and O–H groups in total. The van der Waals surface area contributed by atoms with Gasteiger partial charge in [0.05, 0.1) is 17.0 Å². The standard InChI is InChI=1S/C16H28N4O/c1-5-12-13(6-2)19-20-14(18-12)17-11-16(21)9-7-15(3,4)8-10-16/h21H,5-11H2,1-4H3,(H,17,18,20). The number of nitrogens with one attached hydrogen (secondary N) is 1. The third-order valence-electron chi connectivity index (χ3n) is 4.62. The fourth-order valence-electron chi connectivity index (χ4n) is 2.83. The van der Waals surface area contributed by atoms with Crippen LogP contribution < -0.4 is 5.32 Å². The summed E-state index contributed by atoms with van der Waals surface area (Å²) < 4.78 is 0. The van der Waals surface area contributed by atoms with Gasteiger partial charge in [0.25, 0.3) is 0 Å². The second-order valence-electron chi connectivity index (χ2n) is 6.98. The molecule has 1 aromatic heterocycles. The van der Waals surface area contributed by atoms with Crippen molar-refractivity contribution in [2.45, 2.75) is 71.8 Å². The van der Waals surface area contributed by atoms with Crippen molar-refractivity contribution < 1.29 is 5.11 Å². The Balaban J connectivity index is 1.97. The number of aliphatic hydroxyl groups is 1. The summed E-state index contributed by atoms with van der Waals surface area (Å²) in [6.45, 7) is 9.17. The quantitative estimate of drug-likeness (QED) is 0.873. The van der Waals surface area contributed by atoms with Crippen LogP contribution in [0.1, 0.15) is 64.8 Å². The van der Waals surface area contributed by atoms with Gasteiger partial charge >= 0.3 is 0 Å². The van der Waals surface area contributed by atoms with Crippen molar-refractivity contribution >= 4 is 5.95 Å². The van der Waals surface area contributed by atoms with Crippen LogP contribution in [-0.2, 0) is 12.8 Å². The van der Waals surface area contributed by atoms with Crippen molar-refractivity contribution in [3.63, 3.8) is 0 Å². The lowest BCUT2D eigenvalue weighted by atomic mass is 9.71. The third-order valence-corrected chi connectivity index (χ3v) is 4.62. The van der Waals surface area contributed by atoms with E-state index in [-0.39, 0.29) is 0 Å². The van der Waals surface area contributed by atoms with Crippen molar-refractivity contribution in [2.75, 3.05) is 11.9 Å². The van der Waals surface area contributed by atoms with E-state index in [9.17, 15) is 5.11 Å². The topological polar surface area (TPSA) is 70.9 Å². The normalized spacial score (nSPS) is 20.2. The number of rotatable bonds is 5. The highest BCUT2D eigenvalue weighted by Gasteiger charge is 2.36. The molecule has 1 aromatic rings. The summed E-state index contributed by atoms with van der Waals surface area (Å²) in [5.41, 5.74) is 1.66. The molecule has 0 atom stereocenters. The smallest absolute Gasteiger partial charge is 0.243 e. The van der Waals surface area contributed by atoms with Gasteiger partial charge in [-0.1, -0.05) is 27.7 Å². The third kappa shape index (κ3) is 4.13. The van der Waals surface area contributed by atoms with E-state index in [0.717, 1.165) is 49.9 Å². The van der Waals surface area contributed by atoms with Crippen molar-refractivity contribution in [2.24, 2.45) is 5.41 Å². The number of aromatic nitrogens is 3. The average molecular weight is 292 g/mol. The van der Waals surface area contributed by atoms with E-state index in [4.69, 9.17) is 0 Å². The summed E-state index contributed by atoms with van der Waals surface area (Å²) in [5.74, 6) is 0.530. The van der Waals surface area contributed by atoms with Gasteiger partial charge in [-0.05, 0) is 43.9 Å². The molecule has 0 radical (unpaired) electrons. The number of hydrogen-bond donors (Lipinski definition) is 2. The molecule has 5 nitrogen and oxygen atoms in total. The van der Waals surface area contributed by atoms with Crippen LogP contribution >= 0.6 is 0 Å². The predicted molar refractivity (Wildman–Crippen MR) is 84.3 cm³/mol. The molecule has 0 unspecified atom stereocenters. The molecule has 1 aliphatic carbocycles. The van der Waals surface area contributed by atoms with E-state index in [1.54, 1.807) is 0 Å². The SMILES string of the molecule is CCc1nnc(NCC2(O)CCC(C)(C)CC2)nc1CC. The largest absolute Gasteiger partial charge is 0.388 e. The van der Waals surface area contributed by atoms with Crippen LogP contribution in [0.4, 0.5) is 5.95 Å². The van der Waals surface area contributed by atoms with E-state index < -0.39 is 5.60 Å². The molecule has 5 heteroatoms. The Morgan fingerprint density at radius 2 is 1.62 bits per heavy atom. The Morgan fingerprint density at radius 3 is 2.19 bits per heavy atom. The second kappa shape index (κ2) is 6.26. The highest BCUT2D eigenvalue weighted by atomic mass is 16.3. The molecule has 0 bridgehead atoms. The maximum atomic E-state index is 10.7. The highest BCUT2D eigenvalue weighted by Crippen LogP contribution is 2.40. The Bertz CT molecular complexity index is 477. The highest BCUT2D eigenvalue weighted by molar-refractivity contribution is 5.26. The molecule has 0 spiro atoms. The summed E-state index contributed by atoms with van der Waals surface area (Å²) in [7, 11) is 0. The predicted octanol–water partition coefficient (Wildman–Crippen LogP) is 2.74. The first kappa shape index (κ1) is 16.1. The maximum absolute atomic E-state index is 10.7. The molecule has 0 aromatic carbocycles. The molecule has 1 saturated carbocycles. The van der Waals surface area contributed by atoms with Crippen LogP contribution in [0.5, 0.6) is 0 Å². The maximum Gasteiger partial charge on any atom is 0.243 e. The Kier molecular flexibility index (Phi) is 4.81. The van der Waals surface area contributed by atoms with Crippen LogP contribution in [0.25, 0.3) is 0 Å².